The van der Waals surface area contributed by atoms with Crippen molar-refractivity contribution in [3.05, 3.63) is 0 Å². The van der Waals surface area contributed by atoms with Crippen LogP contribution < -0.4 is 10.6 Å². The van der Waals surface area contributed by atoms with Crippen LogP contribution in [0.4, 0.5) is 0 Å². The lowest BCUT2D eigenvalue weighted by atomic mass is 9.94. The Morgan fingerprint density at radius 1 is 0.387 bits per heavy atom. The zero-order valence-electron chi connectivity index (χ0n) is 33.2. The van der Waals surface area contributed by atoms with Gasteiger partial charge in [-0.05, 0) is 0 Å². The minimum atomic E-state index is -2.16. The van der Waals surface area contributed by atoms with Crippen molar-refractivity contribution in [3.63, 3.8) is 0 Å². The Kier molecular flexibility index (Phi) is 18.1. The summed E-state index contributed by atoms with van der Waals surface area (Å²) >= 11 is 0. The molecule has 5 aliphatic rings. The van der Waals surface area contributed by atoms with Gasteiger partial charge >= 0.3 is 0 Å². The van der Waals surface area contributed by atoms with E-state index in [-0.39, 0.29) is 0 Å². The number of hydrogen-bond donors (Lipinski definition) is 17. The van der Waals surface area contributed by atoms with Crippen LogP contribution in [-0.4, -0.2) is 275 Å². The van der Waals surface area contributed by atoms with Crippen LogP contribution in [0.3, 0.4) is 0 Å². The van der Waals surface area contributed by atoms with Gasteiger partial charge in [0.1, 0.15) is 122 Å². The van der Waals surface area contributed by atoms with E-state index in [1.807, 2.05) is 0 Å². The van der Waals surface area contributed by atoms with E-state index >= 15 is 0 Å². The highest BCUT2D eigenvalue weighted by atomic mass is 16.8. The largest absolute Gasteiger partial charge is 0.394 e. The van der Waals surface area contributed by atoms with Crippen molar-refractivity contribution in [1.82, 2.24) is 10.6 Å². The molecule has 360 valence electrons. The first-order valence-corrected chi connectivity index (χ1v) is 19.6. The van der Waals surface area contributed by atoms with Gasteiger partial charge in [0.25, 0.3) is 0 Å². The molecule has 0 spiro atoms. The molecule has 0 aromatic carbocycles. The number of nitrogens with one attached hydrogen (secondary N) is 2. The first-order valence-electron chi connectivity index (χ1n) is 19.6. The number of carbonyl (C=O) groups excluding carboxylic acids is 2. The van der Waals surface area contributed by atoms with Gasteiger partial charge in [-0.1, -0.05) is 0 Å². The summed E-state index contributed by atoms with van der Waals surface area (Å²) in [6.07, 6.45) is -42.4. The minimum absolute atomic E-state index is 0.685. The molecule has 17 N–H and O–H groups in total. The average Bonchev–Trinajstić information content (AvgIpc) is 3.23. The van der Waals surface area contributed by atoms with Gasteiger partial charge in [-0.2, -0.15) is 0 Å². The highest BCUT2D eigenvalue weighted by molar-refractivity contribution is 5.73. The standard InChI is InChI=1S/C34H58N2O26/c1-8(42)35-15-20(47)26(13(6-40)54-30(15)53)59-31-16(36-9(2)43)21(48)27(14(7-41)58-31)60-33-24(51)29(19(46)11(4-38)56-33)62-34-25(52)28(18(45)12(5-39)57-34)61-32-23(50)22(49)17(44)10(3-37)55-32/h10-34,37-41,44-53H,3-7H2,1-2H3,(H,35,42)(H,36,43)/t10-,11-,12-,13-,14-,15-,16-,17-,18-,19-,20-,21-,22+,23+,24+,25+,26-,27-,28+,29+,30+,31+,32+,33+,34-/m1/s1. The number of hydrogen-bond acceptors (Lipinski definition) is 26. The lowest BCUT2D eigenvalue weighted by Crippen LogP contribution is -2.70. The highest BCUT2D eigenvalue weighted by Crippen LogP contribution is 2.35. The van der Waals surface area contributed by atoms with E-state index in [9.17, 15) is 86.2 Å². The molecule has 0 bridgehead atoms. The Bertz CT molecular complexity index is 1440. The fourth-order valence-electron chi connectivity index (χ4n) is 7.83. The molecule has 5 aliphatic heterocycles. The van der Waals surface area contributed by atoms with Crippen LogP contribution in [-0.2, 0) is 52.2 Å². The molecule has 5 rings (SSSR count). The van der Waals surface area contributed by atoms with Crippen LogP contribution in [0.15, 0.2) is 0 Å². The summed E-state index contributed by atoms with van der Waals surface area (Å²) < 4.78 is 50.6. The molecule has 25 atom stereocenters. The zero-order valence-corrected chi connectivity index (χ0v) is 33.2. The second kappa shape index (κ2) is 22.0. The molecule has 28 nitrogen and oxygen atoms in total. The maximum Gasteiger partial charge on any atom is 0.217 e. The van der Waals surface area contributed by atoms with E-state index in [1.165, 1.54) is 0 Å². The van der Waals surface area contributed by atoms with Gasteiger partial charge in [-0.25, -0.2) is 0 Å². The van der Waals surface area contributed by atoms with Crippen LogP contribution in [0.2, 0.25) is 0 Å². The maximum absolute atomic E-state index is 12.4. The Labute approximate surface area is 351 Å². The van der Waals surface area contributed by atoms with Crippen LogP contribution >= 0.6 is 0 Å². The first kappa shape index (κ1) is 51.0. The Balaban J connectivity index is 1.35. The summed E-state index contributed by atoms with van der Waals surface area (Å²) in [5.74, 6) is -1.47. The summed E-state index contributed by atoms with van der Waals surface area (Å²) in [4.78, 5) is 24.1. The lowest BCUT2D eigenvalue weighted by Gasteiger charge is -2.50. The molecule has 5 heterocycles. The van der Waals surface area contributed by atoms with Crippen LogP contribution in [0.25, 0.3) is 0 Å². The number of aliphatic hydroxyl groups excluding tert-OH is 15. The fourth-order valence-corrected chi connectivity index (χ4v) is 7.83. The van der Waals surface area contributed by atoms with E-state index in [1.54, 1.807) is 0 Å². The van der Waals surface area contributed by atoms with Crippen LogP contribution in [0.1, 0.15) is 13.8 Å². The summed E-state index contributed by atoms with van der Waals surface area (Å²) in [6.45, 7) is -2.49. The van der Waals surface area contributed by atoms with E-state index in [4.69, 9.17) is 42.6 Å². The second-order valence-electron chi connectivity index (χ2n) is 15.4. The third-order valence-electron chi connectivity index (χ3n) is 11.1. The molecular weight excluding hydrogens is 852 g/mol. The van der Waals surface area contributed by atoms with Gasteiger partial charge in [0, 0.05) is 13.8 Å². The van der Waals surface area contributed by atoms with Crippen LogP contribution in [0.5, 0.6) is 0 Å². The summed E-state index contributed by atoms with van der Waals surface area (Å²) in [6, 6.07) is -3.15. The molecule has 0 saturated carbocycles. The summed E-state index contributed by atoms with van der Waals surface area (Å²) in [5.41, 5.74) is 0. The maximum atomic E-state index is 12.4. The number of ether oxygens (including phenoxy) is 9. The van der Waals surface area contributed by atoms with E-state index in [0.29, 0.717) is 0 Å². The lowest BCUT2D eigenvalue weighted by molar-refractivity contribution is -0.389. The number of amides is 2. The minimum Gasteiger partial charge on any atom is -0.394 e. The summed E-state index contributed by atoms with van der Waals surface area (Å²) in [5, 5.41) is 163. The fraction of sp³-hybridized carbons (Fsp3) is 0.941. The second-order valence-corrected chi connectivity index (χ2v) is 15.4. The van der Waals surface area contributed by atoms with Gasteiger partial charge in [-0.3, -0.25) is 9.59 Å². The monoisotopic (exact) mass is 910 g/mol. The topological polar surface area (TPSA) is 445 Å². The van der Waals surface area contributed by atoms with E-state index in [2.05, 4.69) is 10.6 Å². The molecule has 0 radical (unpaired) electrons. The third kappa shape index (κ3) is 10.8. The zero-order chi connectivity index (χ0) is 45.9. The van der Waals surface area contributed by atoms with Gasteiger partial charge < -0.3 is 130 Å². The predicted molar refractivity (Wildman–Crippen MR) is 190 cm³/mol. The van der Waals surface area contributed by atoms with Crippen molar-refractivity contribution >= 4 is 11.8 Å². The molecule has 0 aromatic rings. The summed E-state index contributed by atoms with van der Waals surface area (Å²) in [7, 11) is 0. The third-order valence-corrected chi connectivity index (χ3v) is 11.1. The molecule has 0 aliphatic carbocycles. The predicted octanol–water partition coefficient (Wildman–Crippen LogP) is -11.6. The Hall–Kier alpha value is -2.02. The molecule has 5 fully saturated rings. The number of carbonyl (C=O) groups is 2. The smallest absolute Gasteiger partial charge is 0.217 e. The molecule has 62 heavy (non-hydrogen) atoms. The van der Waals surface area contributed by atoms with E-state index < -0.39 is 198 Å². The van der Waals surface area contributed by atoms with Crippen molar-refractivity contribution in [3.8, 4) is 0 Å². The first-order chi connectivity index (χ1) is 29.3. The molecule has 28 heteroatoms. The van der Waals surface area contributed by atoms with Gasteiger partial charge in [0.15, 0.2) is 31.5 Å². The SMILES string of the molecule is CC(=O)N[C@@H]1[C@@H](O)[C@H](O[C@@H]2O[C@H](CO)[C@@H](O[C@@H]3O[C@H](CO)[C@@H](O)[C@H](O[C@H]4O[C@H](CO)[C@@H](O)[C@H](O[C@@H]5O[C@H](CO)[C@@H](O)[C@H](O)[C@@H]5O)[C@@H]4O)[C@@H]3O)[C@H](O)[C@H]2NC(C)=O)[C@@H](CO)O[C@@H]1O. The Morgan fingerprint density at radius 3 is 1.16 bits per heavy atom. The van der Waals surface area contributed by atoms with Gasteiger partial charge in [0.2, 0.25) is 11.8 Å². The van der Waals surface area contributed by atoms with Crippen molar-refractivity contribution < 1.29 is 129 Å². The van der Waals surface area contributed by atoms with Crippen molar-refractivity contribution in [2.24, 2.45) is 0 Å². The van der Waals surface area contributed by atoms with Crippen LogP contribution in [0, 0.1) is 0 Å². The van der Waals surface area contributed by atoms with Crippen molar-refractivity contribution in [2.75, 3.05) is 33.0 Å². The Morgan fingerprint density at radius 2 is 0.726 bits per heavy atom. The van der Waals surface area contributed by atoms with Gasteiger partial charge in [-0.15, -0.1) is 0 Å². The molecule has 2 amide bonds. The average molecular weight is 911 g/mol. The molecule has 5 saturated heterocycles. The molecule has 0 unspecified atom stereocenters. The quantitative estimate of drug-likeness (QED) is 0.0725. The van der Waals surface area contributed by atoms with E-state index in [0.717, 1.165) is 13.8 Å². The number of rotatable bonds is 15. The highest BCUT2D eigenvalue weighted by Gasteiger charge is 2.57. The van der Waals surface area contributed by atoms with Gasteiger partial charge in [0.05, 0.1) is 33.0 Å². The number of aliphatic hydroxyl groups is 15. The molecular formula is C34H58N2O26. The normalized spacial score (nSPS) is 49.0. The van der Waals surface area contributed by atoms with Crippen molar-refractivity contribution in [1.29, 1.82) is 0 Å². The van der Waals surface area contributed by atoms with Crippen molar-refractivity contribution in [2.45, 2.75) is 167 Å². The molecule has 0 aromatic heterocycles.